The van der Waals surface area contributed by atoms with Gasteiger partial charge in [-0.1, -0.05) is 12.1 Å². The van der Waals surface area contributed by atoms with Gasteiger partial charge in [-0.2, -0.15) is 0 Å². The van der Waals surface area contributed by atoms with Crippen molar-refractivity contribution in [3.05, 3.63) is 59.0 Å². The van der Waals surface area contributed by atoms with Crippen LogP contribution in [-0.4, -0.2) is 30.9 Å². The Morgan fingerprint density at radius 2 is 1.89 bits per heavy atom. The van der Waals surface area contributed by atoms with E-state index in [9.17, 15) is 4.39 Å². The lowest BCUT2D eigenvalue weighted by Crippen LogP contribution is -2.18. The molecule has 1 N–H and O–H groups in total. The minimum absolute atomic E-state index is 0.289. The molecule has 0 bridgehead atoms. The van der Waals surface area contributed by atoms with Crippen LogP contribution in [0.25, 0.3) is 10.9 Å². The van der Waals surface area contributed by atoms with Gasteiger partial charge in [-0.3, -0.25) is 0 Å². The van der Waals surface area contributed by atoms with Crippen molar-refractivity contribution >= 4 is 10.9 Å². The molecular formula is C23H25FN2O2. The molecule has 0 atom stereocenters. The van der Waals surface area contributed by atoms with E-state index in [-0.39, 0.29) is 5.82 Å². The van der Waals surface area contributed by atoms with Crippen LogP contribution >= 0.6 is 0 Å². The minimum Gasteiger partial charge on any atom is -0.490 e. The number of halogens is 1. The number of hydrogen-bond donors (Lipinski definition) is 1. The van der Waals surface area contributed by atoms with Gasteiger partial charge in [0.05, 0.1) is 5.52 Å². The summed E-state index contributed by atoms with van der Waals surface area (Å²) in [7, 11) is 0. The Morgan fingerprint density at radius 1 is 1.00 bits per heavy atom. The number of nitrogens with one attached hydrogen (secondary N) is 1. The molecule has 2 aliphatic rings. The second-order valence-corrected chi connectivity index (χ2v) is 7.53. The molecule has 2 aliphatic heterocycles. The van der Waals surface area contributed by atoms with Gasteiger partial charge in [-0.25, -0.2) is 4.39 Å². The molecule has 0 spiro atoms. The smallest absolute Gasteiger partial charge is 0.129 e. The van der Waals surface area contributed by atoms with Crippen molar-refractivity contribution in [1.29, 1.82) is 0 Å². The van der Waals surface area contributed by atoms with Gasteiger partial charge in [0.25, 0.3) is 0 Å². The molecule has 1 aromatic heterocycles. The predicted molar refractivity (Wildman–Crippen MR) is 108 cm³/mol. The zero-order chi connectivity index (χ0) is 18.9. The van der Waals surface area contributed by atoms with Crippen LogP contribution in [0.3, 0.4) is 0 Å². The molecule has 0 amide bonds. The highest BCUT2D eigenvalue weighted by atomic mass is 19.1. The lowest BCUT2D eigenvalue weighted by atomic mass is 10.0. The van der Waals surface area contributed by atoms with Crippen LogP contribution in [0.4, 0.5) is 4.39 Å². The van der Waals surface area contributed by atoms with Gasteiger partial charge in [-0.05, 0) is 55.1 Å². The first-order valence-electron chi connectivity index (χ1n) is 10.2. The number of aryl methyl sites for hydroxylation is 2. The SMILES string of the molecule is Fc1cccc(OCCOc2ccc3c4c2c2c(n4CCC3)CCNCC2)c1. The summed E-state index contributed by atoms with van der Waals surface area (Å²) in [5, 5.41) is 4.81. The van der Waals surface area contributed by atoms with Gasteiger partial charge in [0.2, 0.25) is 0 Å². The Balaban J connectivity index is 1.41. The number of fused-ring (bicyclic) bond motifs is 3. The molecule has 2 aromatic carbocycles. The molecule has 3 heterocycles. The van der Waals surface area contributed by atoms with Gasteiger partial charge < -0.3 is 19.4 Å². The van der Waals surface area contributed by atoms with Crippen LogP contribution in [0.5, 0.6) is 11.5 Å². The highest BCUT2D eigenvalue weighted by Gasteiger charge is 2.25. The summed E-state index contributed by atoms with van der Waals surface area (Å²) in [4.78, 5) is 0. The molecule has 0 unspecified atom stereocenters. The van der Waals surface area contributed by atoms with E-state index in [0.29, 0.717) is 19.0 Å². The quantitative estimate of drug-likeness (QED) is 0.683. The maximum atomic E-state index is 13.3. The van der Waals surface area contributed by atoms with E-state index >= 15 is 0 Å². The van der Waals surface area contributed by atoms with Crippen molar-refractivity contribution in [3.8, 4) is 11.5 Å². The minimum atomic E-state index is -0.289. The van der Waals surface area contributed by atoms with E-state index in [1.807, 2.05) is 0 Å². The van der Waals surface area contributed by atoms with Gasteiger partial charge in [0.15, 0.2) is 0 Å². The van der Waals surface area contributed by atoms with Gasteiger partial charge in [0, 0.05) is 36.7 Å². The third-order valence-electron chi connectivity index (χ3n) is 5.79. The summed E-state index contributed by atoms with van der Waals surface area (Å²) in [6, 6.07) is 10.6. The summed E-state index contributed by atoms with van der Waals surface area (Å²) >= 11 is 0. The van der Waals surface area contributed by atoms with Crippen molar-refractivity contribution in [1.82, 2.24) is 9.88 Å². The second-order valence-electron chi connectivity index (χ2n) is 7.53. The average Bonchev–Trinajstić information content (AvgIpc) is 2.87. The molecule has 5 rings (SSSR count). The molecule has 5 heteroatoms. The highest BCUT2D eigenvalue weighted by molar-refractivity contribution is 5.94. The van der Waals surface area contributed by atoms with E-state index in [1.165, 1.54) is 46.3 Å². The first-order valence-corrected chi connectivity index (χ1v) is 10.2. The fraction of sp³-hybridized carbons (Fsp3) is 0.391. The van der Waals surface area contributed by atoms with Crippen molar-refractivity contribution in [2.24, 2.45) is 0 Å². The highest BCUT2D eigenvalue weighted by Crippen LogP contribution is 2.39. The molecule has 0 saturated heterocycles. The first-order chi connectivity index (χ1) is 13.8. The lowest BCUT2D eigenvalue weighted by Gasteiger charge is -2.19. The van der Waals surface area contributed by atoms with E-state index in [4.69, 9.17) is 9.47 Å². The van der Waals surface area contributed by atoms with Crippen LogP contribution < -0.4 is 14.8 Å². The Bertz CT molecular complexity index is 1010. The second kappa shape index (κ2) is 7.47. The van der Waals surface area contributed by atoms with Crippen LogP contribution in [-0.2, 0) is 25.8 Å². The molecule has 4 nitrogen and oxygen atoms in total. The number of rotatable bonds is 5. The zero-order valence-electron chi connectivity index (χ0n) is 16.0. The third kappa shape index (κ3) is 3.14. The summed E-state index contributed by atoms with van der Waals surface area (Å²) in [5.41, 5.74) is 5.74. The fourth-order valence-electron chi connectivity index (χ4n) is 4.62. The Hall–Kier alpha value is -2.53. The molecule has 0 radical (unpaired) electrons. The van der Waals surface area contributed by atoms with Crippen molar-refractivity contribution < 1.29 is 13.9 Å². The molecule has 0 fully saturated rings. The fourth-order valence-corrected chi connectivity index (χ4v) is 4.62. The number of benzene rings is 2. The Kier molecular flexibility index (Phi) is 4.69. The van der Waals surface area contributed by atoms with Crippen molar-refractivity contribution in [2.75, 3.05) is 26.3 Å². The van der Waals surface area contributed by atoms with Crippen LogP contribution in [0.1, 0.15) is 23.2 Å². The van der Waals surface area contributed by atoms with Gasteiger partial charge in [0.1, 0.15) is 30.5 Å². The Labute approximate surface area is 164 Å². The Morgan fingerprint density at radius 3 is 2.82 bits per heavy atom. The summed E-state index contributed by atoms with van der Waals surface area (Å²) in [6.45, 7) is 3.97. The van der Waals surface area contributed by atoms with Crippen LogP contribution in [0.2, 0.25) is 0 Å². The zero-order valence-corrected chi connectivity index (χ0v) is 16.0. The summed E-state index contributed by atoms with van der Waals surface area (Å²) < 4.78 is 27.6. The number of nitrogens with zero attached hydrogens (tertiary/aromatic N) is 1. The molecule has 0 saturated carbocycles. The van der Waals surface area contributed by atoms with E-state index in [0.717, 1.165) is 44.6 Å². The van der Waals surface area contributed by atoms with Crippen molar-refractivity contribution in [2.45, 2.75) is 32.2 Å². The van der Waals surface area contributed by atoms with Crippen LogP contribution in [0, 0.1) is 5.82 Å². The molecule has 146 valence electrons. The van der Waals surface area contributed by atoms with E-state index < -0.39 is 0 Å². The van der Waals surface area contributed by atoms with Crippen molar-refractivity contribution in [3.63, 3.8) is 0 Å². The predicted octanol–water partition coefficient (Wildman–Crippen LogP) is 3.87. The van der Waals surface area contributed by atoms with Gasteiger partial charge in [-0.15, -0.1) is 0 Å². The van der Waals surface area contributed by atoms with E-state index in [1.54, 1.807) is 12.1 Å². The average molecular weight is 380 g/mol. The maximum absolute atomic E-state index is 13.3. The largest absolute Gasteiger partial charge is 0.490 e. The molecule has 28 heavy (non-hydrogen) atoms. The maximum Gasteiger partial charge on any atom is 0.129 e. The number of aromatic nitrogens is 1. The third-order valence-corrected chi connectivity index (χ3v) is 5.79. The standard InChI is InChI=1S/C23H25FN2O2/c24-17-4-1-5-18(15-17)27-13-14-28-21-7-6-16-3-2-12-26-20-9-11-25-10-8-19(20)22(21)23(16)26/h1,4-7,15,25H,2-3,8-14H2. The lowest BCUT2D eigenvalue weighted by molar-refractivity contribution is 0.218. The van der Waals surface area contributed by atoms with Crippen LogP contribution in [0.15, 0.2) is 36.4 Å². The number of hydrogen-bond acceptors (Lipinski definition) is 3. The molecular weight excluding hydrogens is 355 g/mol. The first kappa shape index (κ1) is 17.6. The number of ether oxygens (including phenoxy) is 2. The molecule has 3 aromatic rings. The normalized spacial score (nSPS) is 15.9. The topological polar surface area (TPSA) is 35.4 Å². The molecule has 0 aliphatic carbocycles. The van der Waals surface area contributed by atoms with E-state index in [2.05, 4.69) is 22.0 Å². The summed E-state index contributed by atoms with van der Waals surface area (Å²) in [6.07, 6.45) is 4.46. The summed E-state index contributed by atoms with van der Waals surface area (Å²) in [5.74, 6) is 1.19. The van der Waals surface area contributed by atoms with Gasteiger partial charge >= 0.3 is 0 Å². The monoisotopic (exact) mass is 380 g/mol.